The van der Waals surface area contributed by atoms with Gasteiger partial charge in [0, 0.05) is 30.6 Å². The summed E-state index contributed by atoms with van der Waals surface area (Å²) in [6.07, 6.45) is 3.96. The molecule has 6 aliphatic rings. The lowest BCUT2D eigenvalue weighted by atomic mass is 9.42. The molecule has 0 amide bonds. The van der Waals surface area contributed by atoms with E-state index in [9.17, 15) is 20.1 Å². The van der Waals surface area contributed by atoms with Gasteiger partial charge < -0.3 is 24.8 Å². The molecule has 2 saturated heterocycles. The summed E-state index contributed by atoms with van der Waals surface area (Å²) in [4.78, 5) is 13.4. The molecule has 0 aromatic carbocycles. The third kappa shape index (κ3) is 2.76. The number of carbonyl (C=O) groups is 1. The van der Waals surface area contributed by atoms with E-state index in [2.05, 4.69) is 20.8 Å². The average molecular weight is 463 g/mol. The fourth-order valence-corrected chi connectivity index (χ4v) is 10.1. The van der Waals surface area contributed by atoms with Crippen LogP contribution in [-0.4, -0.2) is 57.4 Å². The predicted molar refractivity (Wildman–Crippen MR) is 121 cm³/mol. The van der Waals surface area contributed by atoms with Gasteiger partial charge in [0.15, 0.2) is 11.6 Å². The summed E-state index contributed by atoms with van der Waals surface area (Å²) < 4.78 is 13.2. The largest absolute Gasteiger partial charge is 0.390 e. The molecule has 0 aromatic rings. The first kappa shape index (κ1) is 22.9. The molecule has 6 nitrogen and oxygen atoms in total. The van der Waals surface area contributed by atoms with E-state index in [0.717, 1.165) is 38.7 Å². The second-order valence-corrected chi connectivity index (χ2v) is 13.3. The fraction of sp³-hybridized carbons (Fsp3) is 0.963. The third-order valence-electron chi connectivity index (χ3n) is 11.9. The van der Waals surface area contributed by atoms with E-state index in [1.165, 1.54) is 0 Å². The molecule has 4 aliphatic carbocycles. The highest BCUT2D eigenvalue weighted by molar-refractivity contribution is 5.89. The maximum Gasteiger partial charge on any atom is 0.171 e. The predicted octanol–water partition coefficient (Wildman–Crippen LogP) is 3.06. The molecule has 1 spiro atoms. The van der Waals surface area contributed by atoms with Crippen LogP contribution in [0.2, 0.25) is 0 Å². The Morgan fingerprint density at radius 3 is 2.42 bits per heavy atom. The number of aliphatic hydroxyl groups excluding tert-OH is 2. The lowest BCUT2D eigenvalue weighted by Gasteiger charge is -2.63. The molecule has 2 aliphatic heterocycles. The molecular formula is C27H42O6. The maximum absolute atomic E-state index is 13.4. The van der Waals surface area contributed by atoms with Crippen molar-refractivity contribution in [3.8, 4) is 0 Å². The van der Waals surface area contributed by atoms with Crippen molar-refractivity contribution >= 4 is 5.78 Å². The first-order chi connectivity index (χ1) is 15.5. The van der Waals surface area contributed by atoms with Crippen LogP contribution in [0.15, 0.2) is 0 Å². The van der Waals surface area contributed by atoms with Crippen LogP contribution >= 0.6 is 0 Å². The van der Waals surface area contributed by atoms with Crippen LogP contribution in [0.1, 0.15) is 79.1 Å². The molecule has 13 atom stereocenters. The van der Waals surface area contributed by atoms with Crippen molar-refractivity contribution in [1.29, 1.82) is 0 Å². The Labute approximate surface area is 197 Å². The van der Waals surface area contributed by atoms with Gasteiger partial charge in [0.2, 0.25) is 0 Å². The molecular weight excluding hydrogens is 420 g/mol. The molecule has 6 rings (SSSR count). The Kier molecular flexibility index (Phi) is 4.88. The topological polar surface area (TPSA) is 96.2 Å². The Bertz CT molecular complexity index is 836. The monoisotopic (exact) mass is 462 g/mol. The number of hydrogen-bond acceptors (Lipinski definition) is 6. The minimum atomic E-state index is -1.53. The van der Waals surface area contributed by atoms with Crippen molar-refractivity contribution in [2.45, 2.75) is 109 Å². The molecule has 6 fully saturated rings. The van der Waals surface area contributed by atoms with Crippen molar-refractivity contribution in [2.24, 2.45) is 46.3 Å². The molecule has 0 unspecified atom stereocenters. The summed E-state index contributed by atoms with van der Waals surface area (Å²) in [5, 5.41) is 32.4. The van der Waals surface area contributed by atoms with Crippen LogP contribution in [0.4, 0.5) is 0 Å². The fourth-order valence-electron chi connectivity index (χ4n) is 10.1. The molecule has 2 heterocycles. The van der Waals surface area contributed by atoms with Gasteiger partial charge in [0.25, 0.3) is 0 Å². The summed E-state index contributed by atoms with van der Waals surface area (Å²) >= 11 is 0. The van der Waals surface area contributed by atoms with Gasteiger partial charge >= 0.3 is 0 Å². The quantitative estimate of drug-likeness (QED) is 0.512. The number of fused-ring (bicyclic) bond motifs is 7. The zero-order chi connectivity index (χ0) is 23.6. The number of hydrogen-bond donors (Lipinski definition) is 3. The molecule has 3 N–H and O–H groups in total. The molecule has 6 heteroatoms. The Balaban J connectivity index is 1.31. The molecule has 0 radical (unpaired) electrons. The van der Waals surface area contributed by atoms with Crippen molar-refractivity contribution in [1.82, 2.24) is 0 Å². The normalized spacial score (nSPS) is 62.5. The minimum absolute atomic E-state index is 0.0433. The van der Waals surface area contributed by atoms with Crippen LogP contribution in [0.25, 0.3) is 0 Å². The van der Waals surface area contributed by atoms with Crippen molar-refractivity contribution < 1.29 is 29.6 Å². The first-order valence-electron chi connectivity index (χ1n) is 13.4. The van der Waals surface area contributed by atoms with E-state index in [1.54, 1.807) is 0 Å². The molecule has 4 saturated carbocycles. The summed E-state index contributed by atoms with van der Waals surface area (Å²) in [6, 6.07) is 0. The number of aliphatic hydroxyl groups is 3. The molecule has 186 valence electrons. The molecule has 0 bridgehead atoms. The van der Waals surface area contributed by atoms with Crippen molar-refractivity contribution in [2.75, 3.05) is 6.61 Å². The average Bonchev–Trinajstić information content (AvgIpc) is 3.19. The van der Waals surface area contributed by atoms with Gasteiger partial charge in [-0.3, -0.25) is 4.79 Å². The van der Waals surface area contributed by atoms with E-state index in [1.807, 2.05) is 6.92 Å². The van der Waals surface area contributed by atoms with Crippen LogP contribution in [0.5, 0.6) is 0 Å². The molecule has 0 aromatic heterocycles. The van der Waals surface area contributed by atoms with Crippen molar-refractivity contribution in [3.05, 3.63) is 0 Å². The first-order valence-corrected chi connectivity index (χ1v) is 13.4. The Morgan fingerprint density at radius 2 is 1.73 bits per heavy atom. The van der Waals surface area contributed by atoms with Gasteiger partial charge in [0.05, 0.1) is 24.9 Å². The van der Waals surface area contributed by atoms with Gasteiger partial charge in [-0.05, 0) is 67.1 Å². The highest BCUT2D eigenvalue weighted by Gasteiger charge is 2.72. The van der Waals surface area contributed by atoms with E-state index < -0.39 is 29.0 Å². The van der Waals surface area contributed by atoms with Gasteiger partial charge in [-0.2, -0.15) is 0 Å². The number of carbonyl (C=O) groups excluding carboxylic acids is 1. The smallest absolute Gasteiger partial charge is 0.171 e. The standard InChI is InChI=1S/C27H42O6/c1-14-5-8-27(32-13-14)15(2)23-21(33-27)10-18-16-9-22(30)26(31)12-20(29)19(28)11-25(26,4)17(16)6-7-24(18,23)3/h14-21,23,28-29,31H,5-13H2,1-4H3/t14-,15+,16-,17+,18+,19+,20-,21+,23+,24+,25-,26-,27-/m1/s1. The van der Waals surface area contributed by atoms with Crippen LogP contribution in [-0.2, 0) is 14.3 Å². The zero-order valence-corrected chi connectivity index (χ0v) is 20.6. The second-order valence-electron chi connectivity index (χ2n) is 13.3. The summed E-state index contributed by atoms with van der Waals surface area (Å²) in [5.41, 5.74) is -2.13. The number of ketones is 1. The number of Topliss-reactive ketones (excluding diaryl/α,β-unsaturated/α-hetero) is 1. The lowest BCUT2D eigenvalue weighted by Crippen LogP contribution is -2.69. The Hall–Kier alpha value is -0.530. The molecule has 33 heavy (non-hydrogen) atoms. The van der Waals surface area contributed by atoms with Gasteiger partial charge in [-0.1, -0.05) is 27.7 Å². The van der Waals surface area contributed by atoms with Crippen molar-refractivity contribution in [3.63, 3.8) is 0 Å². The second kappa shape index (κ2) is 7.03. The highest BCUT2D eigenvalue weighted by atomic mass is 16.7. The van der Waals surface area contributed by atoms with E-state index in [4.69, 9.17) is 9.47 Å². The SMILES string of the molecule is C[C@@H]1CC[C@@]2(OC1)O[C@H]1C[C@H]3[C@@H]4CC(=O)[C@]5(O)C[C@@H](O)[C@@H](O)C[C@]5(C)[C@H]4CC[C@]3(C)[C@H]1[C@@H]2C. The van der Waals surface area contributed by atoms with E-state index in [-0.39, 0.29) is 42.0 Å². The van der Waals surface area contributed by atoms with E-state index >= 15 is 0 Å². The number of rotatable bonds is 0. The summed E-state index contributed by atoms with van der Waals surface area (Å²) in [5.74, 6) is 1.53. The zero-order valence-electron chi connectivity index (χ0n) is 20.6. The minimum Gasteiger partial charge on any atom is -0.390 e. The summed E-state index contributed by atoms with van der Waals surface area (Å²) in [6.45, 7) is 9.77. The lowest BCUT2D eigenvalue weighted by molar-refractivity contribution is -0.274. The maximum atomic E-state index is 13.4. The van der Waals surface area contributed by atoms with Gasteiger partial charge in [-0.25, -0.2) is 0 Å². The highest BCUT2D eigenvalue weighted by Crippen LogP contribution is 2.71. The van der Waals surface area contributed by atoms with Crippen LogP contribution in [0, 0.1) is 46.3 Å². The van der Waals surface area contributed by atoms with Gasteiger partial charge in [-0.15, -0.1) is 0 Å². The summed E-state index contributed by atoms with van der Waals surface area (Å²) in [7, 11) is 0. The van der Waals surface area contributed by atoms with Crippen LogP contribution in [0.3, 0.4) is 0 Å². The third-order valence-corrected chi connectivity index (χ3v) is 11.9. The van der Waals surface area contributed by atoms with Crippen LogP contribution < -0.4 is 0 Å². The van der Waals surface area contributed by atoms with E-state index in [0.29, 0.717) is 30.1 Å². The van der Waals surface area contributed by atoms with Gasteiger partial charge in [0.1, 0.15) is 5.60 Å². The number of ether oxygens (including phenoxy) is 2. The Morgan fingerprint density at radius 1 is 1.00 bits per heavy atom.